The Hall–Kier alpha value is -2.93. The summed E-state index contributed by atoms with van der Waals surface area (Å²) in [6.45, 7) is 3.74. The fourth-order valence-electron chi connectivity index (χ4n) is 2.24. The van der Waals surface area contributed by atoms with Gasteiger partial charge in [0.25, 0.3) is 11.8 Å². The summed E-state index contributed by atoms with van der Waals surface area (Å²) in [6, 6.07) is 7.99. The molecule has 2 amide bonds. The molecule has 0 aliphatic heterocycles. The molecule has 25 heavy (non-hydrogen) atoms. The molecule has 0 atom stereocenters. The van der Waals surface area contributed by atoms with Gasteiger partial charge in [-0.25, -0.2) is 9.50 Å². The Labute approximate surface area is 149 Å². The van der Waals surface area contributed by atoms with Crippen LogP contribution in [0.15, 0.2) is 42.7 Å². The predicted octanol–water partition coefficient (Wildman–Crippen LogP) is 2.77. The van der Waals surface area contributed by atoms with Crippen LogP contribution in [0.5, 0.6) is 0 Å². The normalized spacial score (nSPS) is 10.9. The number of rotatable bonds is 4. The lowest BCUT2D eigenvalue weighted by Crippen LogP contribution is -2.30. The SMILES string of the molecule is CC(C)NC(=O)c1ccc(Cl)c(NC(=O)c2cc3ncccn3n2)c1. The molecule has 3 aromatic rings. The quantitative estimate of drug-likeness (QED) is 0.751. The largest absolute Gasteiger partial charge is 0.350 e. The highest BCUT2D eigenvalue weighted by atomic mass is 35.5. The Balaban J connectivity index is 1.83. The van der Waals surface area contributed by atoms with Gasteiger partial charge in [-0.05, 0) is 38.1 Å². The van der Waals surface area contributed by atoms with Gasteiger partial charge in [-0.3, -0.25) is 9.59 Å². The van der Waals surface area contributed by atoms with E-state index in [2.05, 4.69) is 20.7 Å². The second kappa shape index (κ2) is 6.90. The maximum Gasteiger partial charge on any atom is 0.276 e. The number of anilines is 1. The van der Waals surface area contributed by atoms with Gasteiger partial charge in [0.15, 0.2) is 11.3 Å². The first-order valence-electron chi connectivity index (χ1n) is 7.66. The van der Waals surface area contributed by atoms with E-state index >= 15 is 0 Å². The molecule has 0 radical (unpaired) electrons. The first-order chi connectivity index (χ1) is 11.9. The third kappa shape index (κ3) is 3.77. The van der Waals surface area contributed by atoms with E-state index in [0.29, 0.717) is 21.9 Å². The lowest BCUT2D eigenvalue weighted by atomic mass is 10.1. The fraction of sp³-hybridized carbons (Fsp3) is 0.176. The molecule has 7 nitrogen and oxygen atoms in total. The maximum absolute atomic E-state index is 12.4. The van der Waals surface area contributed by atoms with Crippen LogP contribution in [-0.4, -0.2) is 32.5 Å². The van der Waals surface area contributed by atoms with Crippen molar-refractivity contribution in [1.82, 2.24) is 19.9 Å². The summed E-state index contributed by atoms with van der Waals surface area (Å²) >= 11 is 6.13. The third-order valence-corrected chi connectivity index (χ3v) is 3.69. The fourth-order valence-corrected chi connectivity index (χ4v) is 2.40. The minimum Gasteiger partial charge on any atom is -0.350 e. The predicted molar refractivity (Wildman–Crippen MR) is 95.0 cm³/mol. The average Bonchev–Trinajstić information content (AvgIpc) is 3.00. The van der Waals surface area contributed by atoms with Crippen molar-refractivity contribution in [3.8, 4) is 0 Å². The van der Waals surface area contributed by atoms with Crippen molar-refractivity contribution in [2.75, 3.05) is 5.32 Å². The van der Waals surface area contributed by atoms with Crippen LogP contribution in [0.1, 0.15) is 34.7 Å². The molecule has 0 aliphatic rings. The van der Waals surface area contributed by atoms with Gasteiger partial charge in [0.1, 0.15) is 0 Å². The van der Waals surface area contributed by atoms with Gasteiger partial charge in [-0.1, -0.05) is 11.6 Å². The Bertz CT molecular complexity index is 918. The molecule has 2 N–H and O–H groups in total. The molecule has 8 heteroatoms. The molecule has 128 valence electrons. The van der Waals surface area contributed by atoms with Gasteiger partial charge in [-0.2, -0.15) is 5.10 Å². The lowest BCUT2D eigenvalue weighted by molar-refractivity contribution is 0.0941. The van der Waals surface area contributed by atoms with Crippen LogP contribution in [0, 0.1) is 0 Å². The average molecular weight is 358 g/mol. The summed E-state index contributed by atoms with van der Waals surface area (Å²) in [5, 5.41) is 9.96. The minimum absolute atomic E-state index is 0.00620. The van der Waals surface area contributed by atoms with E-state index < -0.39 is 5.91 Å². The first-order valence-corrected chi connectivity index (χ1v) is 8.04. The van der Waals surface area contributed by atoms with Crippen LogP contribution >= 0.6 is 11.6 Å². The molecule has 0 saturated heterocycles. The number of halogens is 1. The smallest absolute Gasteiger partial charge is 0.276 e. The minimum atomic E-state index is -0.436. The zero-order valence-electron chi connectivity index (χ0n) is 13.7. The number of amides is 2. The topological polar surface area (TPSA) is 88.4 Å². The molecule has 0 bridgehead atoms. The van der Waals surface area contributed by atoms with Gasteiger partial charge in [0, 0.05) is 30.1 Å². The van der Waals surface area contributed by atoms with Gasteiger partial charge in [-0.15, -0.1) is 0 Å². The van der Waals surface area contributed by atoms with E-state index in [9.17, 15) is 9.59 Å². The van der Waals surface area contributed by atoms with E-state index in [0.717, 1.165) is 0 Å². The highest BCUT2D eigenvalue weighted by Gasteiger charge is 2.15. The van der Waals surface area contributed by atoms with Crippen LogP contribution in [-0.2, 0) is 0 Å². The summed E-state index contributed by atoms with van der Waals surface area (Å²) < 4.78 is 1.50. The first kappa shape index (κ1) is 16.9. The van der Waals surface area contributed by atoms with Gasteiger partial charge in [0.05, 0.1) is 10.7 Å². The van der Waals surface area contributed by atoms with Crippen molar-refractivity contribution >= 4 is 34.7 Å². The molecule has 1 aromatic carbocycles. The molecule has 3 rings (SSSR count). The van der Waals surface area contributed by atoms with Crippen molar-refractivity contribution in [2.45, 2.75) is 19.9 Å². The second-order valence-corrected chi connectivity index (χ2v) is 6.14. The zero-order chi connectivity index (χ0) is 18.0. The molecule has 0 saturated carbocycles. The monoisotopic (exact) mass is 357 g/mol. The second-order valence-electron chi connectivity index (χ2n) is 5.73. The van der Waals surface area contributed by atoms with Crippen molar-refractivity contribution < 1.29 is 9.59 Å². The summed E-state index contributed by atoms with van der Waals surface area (Å²) in [6.07, 6.45) is 3.31. The van der Waals surface area contributed by atoms with Crippen molar-refractivity contribution in [2.24, 2.45) is 0 Å². The third-order valence-electron chi connectivity index (χ3n) is 3.37. The van der Waals surface area contributed by atoms with Gasteiger partial charge < -0.3 is 10.6 Å². The van der Waals surface area contributed by atoms with Crippen LogP contribution in [0.25, 0.3) is 5.65 Å². The summed E-state index contributed by atoms with van der Waals surface area (Å²) in [7, 11) is 0. The summed E-state index contributed by atoms with van der Waals surface area (Å²) in [5.74, 6) is -0.673. The number of carbonyl (C=O) groups excluding carboxylic acids is 2. The number of hydrogen-bond acceptors (Lipinski definition) is 4. The van der Waals surface area contributed by atoms with Crippen LogP contribution in [0.4, 0.5) is 5.69 Å². The number of carbonyl (C=O) groups is 2. The van der Waals surface area contributed by atoms with Crippen LogP contribution < -0.4 is 10.6 Å². The maximum atomic E-state index is 12.4. The standard InChI is InChI=1S/C17H16ClN5O2/c1-10(2)20-16(24)11-4-5-12(18)13(8-11)21-17(25)14-9-15-19-6-3-7-23(15)22-14/h3-10H,1-2H3,(H,20,24)(H,21,25). The number of hydrogen-bond donors (Lipinski definition) is 2. The van der Waals surface area contributed by atoms with E-state index in [1.165, 1.54) is 10.6 Å². The molecule has 0 spiro atoms. The molecule has 0 aliphatic carbocycles. The van der Waals surface area contributed by atoms with Crippen molar-refractivity contribution in [3.05, 3.63) is 59.0 Å². The molecule has 0 unspecified atom stereocenters. The van der Waals surface area contributed by atoms with Crippen LogP contribution in [0.2, 0.25) is 5.02 Å². The Kier molecular flexibility index (Phi) is 4.67. The molecular formula is C17H16ClN5O2. The van der Waals surface area contributed by atoms with Crippen LogP contribution in [0.3, 0.4) is 0 Å². The summed E-state index contributed by atoms with van der Waals surface area (Å²) in [4.78, 5) is 28.6. The molecular weight excluding hydrogens is 342 g/mol. The van der Waals surface area contributed by atoms with E-state index in [1.54, 1.807) is 36.7 Å². The lowest BCUT2D eigenvalue weighted by Gasteiger charge is -2.11. The Morgan fingerprint density at radius 1 is 1.20 bits per heavy atom. The number of aromatic nitrogens is 3. The molecule has 2 heterocycles. The summed E-state index contributed by atoms with van der Waals surface area (Å²) in [5.41, 5.74) is 1.51. The highest BCUT2D eigenvalue weighted by Crippen LogP contribution is 2.24. The Morgan fingerprint density at radius 2 is 2.00 bits per heavy atom. The van der Waals surface area contributed by atoms with Gasteiger partial charge in [0.2, 0.25) is 0 Å². The molecule has 2 aromatic heterocycles. The van der Waals surface area contributed by atoms with E-state index in [4.69, 9.17) is 11.6 Å². The number of nitrogens with one attached hydrogen (secondary N) is 2. The van der Waals surface area contributed by atoms with E-state index in [1.807, 2.05) is 13.8 Å². The van der Waals surface area contributed by atoms with E-state index in [-0.39, 0.29) is 17.6 Å². The number of nitrogens with zero attached hydrogens (tertiary/aromatic N) is 3. The highest BCUT2D eigenvalue weighted by molar-refractivity contribution is 6.34. The number of benzene rings is 1. The van der Waals surface area contributed by atoms with Crippen molar-refractivity contribution in [1.29, 1.82) is 0 Å². The van der Waals surface area contributed by atoms with Crippen molar-refractivity contribution in [3.63, 3.8) is 0 Å². The zero-order valence-corrected chi connectivity index (χ0v) is 14.4. The Morgan fingerprint density at radius 3 is 2.72 bits per heavy atom. The molecule has 0 fully saturated rings. The van der Waals surface area contributed by atoms with Gasteiger partial charge >= 0.3 is 0 Å². The number of fused-ring (bicyclic) bond motifs is 1.